The van der Waals surface area contributed by atoms with Crippen molar-refractivity contribution in [1.82, 2.24) is 0 Å². The minimum Gasteiger partial charge on any atom is -0.287 e. The summed E-state index contributed by atoms with van der Waals surface area (Å²) in [4.78, 5) is 10.8. The molecule has 0 fully saturated rings. The minimum absolute atomic E-state index is 0.0249. The van der Waals surface area contributed by atoms with Gasteiger partial charge in [-0.05, 0) is 19.3 Å². The van der Waals surface area contributed by atoms with Gasteiger partial charge in [-0.15, -0.1) is 0 Å². The molecule has 16 heavy (non-hydrogen) atoms. The van der Waals surface area contributed by atoms with Crippen LogP contribution in [0.3, 0.4) is 0 Å². The van der Waals surface area contributed by atoms with Crippen molar-refractivity contribution in [3.63, 3.8) is 0 Å². The Hall–Kier alpha value is -0.260. The number of alkyl halides is 4. The van der Waals surface area contributed by atoms with Crippen molar-refractivity contribution in [3.8, 4) is 0 Å². The number of hydrogen-bond acceptors (Lipinski definition) is 2. The molecule has 0 spiro atoms. The molecule has 0 amide bonds. The van der Waals surface area contributed by atoms with Gasteiger partial charge in [0.1, 0.15) is 6.17 Å². The van der Waals surface area contributed by atoms with Crippen molar-refractivity contribution in [3.05, 3.63) is 0 Å². The average molecular weight is 260 g/mol. The molecular weight excluding hydrogens is 244 g/mol. The molecule has 0 heterocycles. The highest BCUT2D eigenvalue weighted by atomic mass is 32.2. The summed E-state index contributed by atoms with van der Waals surface area (Å²) in [7, 11) is 0. The van der Waals surface area contributed by atoms with Crippen LogP contribution in [0.25, 0.3) is 0 Å². The third-order valence-electron chi connectivity index (χ3n) is 2.01. The van der Waals surface area contributed by atoms with Gasteiger partial charge >= 0.3 is 0 Å². The van der Waals surface area contributed by atoms with Crippen molar-refractivity contribution in [1.29, 1.82) is 0 Å². The number of rotatable bonds is 8. The Morgan fingerprint density at radius 2 is 1.75 bits per heavy atom. The second kappa shape index (κ2) is 8.84. The van der Waals surface area contributed by atoms with Crippen molar-refractivity contribution in [2.24, 2.45) is 0 Å². The van der Waals surface area contributed by atoms with E-state index in [1.54, 1.807) is 6.92 Å². The monoisotopic (exact) mass is 260 g/mol. The molecule has 0 aliphatic heterocycles. The van der Waals surface area contributed by atoms with E-state index in [9.17, 15) is 22.4 Å². The Kier molecular flexibility index (Phi) is 8.70. The SMILES string of the molecule is CCC(=O)SCCC(F)CCC(F)C(F)F. The van der Waals surface area contributed by atoms with Crippen LogP contribution in [0.4, 0.5) is 17.6 Å². The molecule has 0 aromatic carbocycles. The highest BCUT2D eigenvalue weighted by molar-refractivity contribution is 8.13. The van der Waals surface area contributed by atoms with Gasteiger partial charge in [0.15, 0.2) is 11.3 Å². The minimum atomic E-state index is -3.04. The molecule has 0 N–H and O–H groups in total. The van der Waals surface area contributed by atoms with Crippen molar-refractivity contribution >= 4 is 16.9 Å². The Morgan fingerprint density at radius 3 is 2.25 bits per heavy atom. The van der Waals surface area contributed by atoms with Gasteiger partial charge in [0.05, 0.1) is 0 Å². The summed E-state index contributed by atoms with van der Waals surface area (Å²) in [5, 5.41) is -0.0249. The molecular formula is C10H16F4OS. The second-order valence-electron chi connectivity index (χ2n) is 3.39. The highest BCUT2D eigenvalue weighted by Crippen LogP contribution is 2.18. The first-order valence-corrected chi connectivity index (χ1v) is 6.17. The van der Waals surface area contributed by atoms with Crippen LogP contribution in [0, 0.1) is 0 Å². The fraction of sp³-hybridized carbons (Fsp3) is 0.900. The highest BCUT2D eigenvalue weighted by Gasteiger charge is 2.20. The lowest BCUT2D eigenvalue weighted by molar-refractivity contribution is -0.110. The standard InChI is InChI=1S/C10H16F4OS/c1-2-9(15)16-6-5-7(11)3-4-8(12)10(13)14/h7-8,10H,2-6H2,1H3. The number of halogens is 4. The summed E-state index contributed by atoms with van der Waals surface area (Å²) in [6.07, 6.45) is -6.79. The van der Waals surface area contributed by atoms with E-state index in [0.29, 0.717) is 12.2 Å². The Labute approximate surface area is 97.0 Å². The lowest BCUT2D eigenvalue weighted by Crippen LogP contribution is -2.14. The van der Waals surface area contributed by atoms with E-state index < -0.39 is 25.2 Å². The van der Waals surface area contributed by atoms with Gasteiger partial charge in [-0.2, -0.15) is 0 Å². The third kappa shape index (κ3) is 7.96. The van der Waals surface area contributed by atoms with Gasteiger partial charge in [-0.25, -0.2) is 17.6 Å². The zero-order valence-corrected chi connectivity index (χ0v) is 9.91. The molecule has 1 nitrogen and oxygen atoms in total. The maximum absolute atomic E-state index is 13.0. The lowest BCUT2D eigenvalue weighted by atomic mass is 10.1. The maximum Gasteiger partial charge on any atom is 0.269 e. The maximum atomic E-state index is 13.0. The number of hydrogen-bond donors (Lipinski definition) is 0. The topological polar surface area (TPSA) is 17.1 Å². The van der Waals surface area contributed by atoms with Gasteiger partial charge < -0.3 is 0 Å². The van der Waals surface area contributed by atoms with Crippen LogP contribution in [-0.2, 0) is 4.79 Å². The molecule has 2 atom stereocenters. The van der Waals surface area contributed by atoms with Gasteiger partial charge in [0.2, 0.25) is 0 Å². The van der Waals surface area contributed by atoms with Crippen LogP contribution < -0.4 is 0 Å². The first kappa shape index (κ1) is 15.7. The molecule has 0 rings (SSSR count). The molecule has 0 saturated heterocycles. The molecule has 0 aliphatic rings. The summed E-state index contributed by atoms with van der Waals surface area (Å²) in [5.74, 6) is 0.319. The summed E-state index contributed by atoms with van der Waals surface area (Å²) >= 11 is 1.02. The first-order chi connectivity index (χ1) is 7.47. The molecule has 0 radical (unpaired) electrons. The quantitative estimate of drug-likeness (QED) is 0.618. The Bertz CT molecular complexity index is 201. The van der Waals surface area contributed by atoms with E-state index in [1.807, 2.05) is 0 Å². The van der Waals surface area contributed by atoms with Crippen LogP contribution in [0.15, 0.2) is 0 Å². The van der Waals surface area contributed by atoms with Crippen LogP contribution in [0.1, 0.15) is 32.6 Å². The van der Waals surface area contributed by atoms with Crippen molar-refractivity contribution in [2.75, 3.05) is 5.75 Å². The van der Waals surface area contributed by atoms with Crippen LogP contribution in [-0.4, -0.2) is 29.6 Å². The summed E-state index contributed by atoms with van der Waals surface area (Å²) < 4.78 is 48.9. The number of thioether (sulfide) groups is 1. The zero-order valence-electron chi connectivity index (χ0n) is 9.10. The van der Waals surface area contributed by atoms with E-state index in [1.165, 1.54) is 0 Å². The van der Waals surface area contributed by atoms with Crippen molar-refractivity contribution < 1.29 is 22.4 Å². The van der Waals surface area contributed by atoms with Crippen LogP contribution >= 0.6 is 11.8 Å². The summed E-state index contributed by atoms with van der Waals surface area (Å²) in [6.45, 7) is 1.71. The predicted octanol–water partition coefficient (Wildman–Crippen LogP) is 3.77. The lowest BCUT2D eigenvalue weighted by Gasteiger charge is -2.09. The van der Waals surface area contributed by atoms with Crippen LogP contribution in [0.5, 0.6) is 0 Å². The normalized spacial score (nSPS) is 15.1. The van der Waals surface area contributed by atoms with Gasteiger partial charge in [0, 0.05) is 12.2 Å². The fourth-order valence-electron chi connectivity index (χ4n) is 1.01. The average Bonchev–Trinajstić information content (AvgIpc) is 2.25. The molecule has 6 heteroatoms. The van der Waals surface area contributed by atoms with E-state index in [-0.39, 0.29) is 18.0 Å². The molecule has 0 saturated carbocycles. The largest absolute Gasteiger partial charge is 0.287 e. The van der Waals surface area contributed by atoms with Gasteiger partial charge in [0.25, 0.3) is 6.43 Å². The van der Waals surface area contributed by atoms with E-state index in [2.05, 4.69) is 0 Å². The Morgan fingerprint density at radius 1 is 1.12 bits per heavy atom. The number of carbonyl (C=O) groups excluding carboxylic acids is 1. The molecule has 2 unspecified atom stereocenters. The van der Waals surface area contributed by atoms with Crippen LogP contribution in [0.2, 0.25) is 0 Å². The molecule has 0 aliphatic carbocycles. The predicted molar refractivity (Wildman–Crippen MR) is 57.4 cm³/mol. The Balaban J connectivity index is 3.51. The number of carbonyl (C=O) groups is 1. The van der Waals surface area contributed by atoms with Crippen molar-refractivity contribution in [2.45, 2.75) is 51.4 Å². The fourth-order valence-corrected chi connectivity index (χ4v) is 1.82. The summed E-state index contributed by atoms with van der Waals surface area (Å²) in [5.41, 5.74) is 0. The van der Waals surface area contributed by atoms with E-state index in [0.717, 1.165) is 11.8 Å². The molecule has 0 aromatic rings. The van der Waals surface area contributed by atoms with E-state index >= 15 is 0 Å². The van der Waals surface area contributed by atoms with E-state index in [4.69, 9.17) is 0 Å². The molecule has 0 aromatic heterocycles. The first-order valence-electron chi connectivity index (χ1n) is 5.19. The summed E-state index contributed by atoms with van der Waals surface area (Å²) in [6, 6.07) is 0. The van der Waals surface area contributed by atoms with Gasteiger partial charge in [-0.1, -0.05) is 18.7 Å². The molecule has 96 valence electrons. The second-order valence-corrected chi connectivity index (χ2v) is 4.54. The van der Waals surface area contributed by atoms with Gasteiger partial charge in [-0.3, -0.25) is 4.79 Å². The molecule has 0 bridgehead atoms. The zero-order chi connectivity index (χ0) is 12.6. The smallest absolute Gasteiger partial charge is 0.269 e. The third-order valence-corrected chi connectivity index (χ3v) is 3.06.